The average molecular weight is 821 g/mol. The van der Waals surface area contributed by atoms with Gasteiger partial charge in [0.2, 0.25) is 0 Å². The topological polar surface area (TPSA) is 195 Å². The molecule has 2 N–H and O–H groups in total. The zero-order valence-corrected chi connectivity index (χ0v) is 32.0. The van der Waals surface area contributed by atoms with Crippen LogP contribution in [0.2, 0.25) is 0 Å². The summed E-state index contributed by atoms with van der Waals surface area (Å²) in [4.78, 5) is 55.0. The lowest BCUT2D eigenvalue weighted by Crippen LogP contribution is -2.43. The van der Waals surface area contributed by atoms with Gasteiger partial charge in [0.1, 0.15) is 34.2 Å². The molecule has 16 nitrogen and oxygen atoms in total. The van der Waals surface area contributed by atoms with E-state index in [2.05, 4.69) is 20.6 Å². The van der Waals surface area contributed by atoms with Crippen molar-refractivity contribution in [1.82, 2.24) is 39.8 Å². The Morgan fingerprint density at radius 2 is 1.07 bits per heavy atom. The molecule has 18 heteroatoms. The largest absolute Gasteiger partial charge is 0.470 e. The Kier molecular flexibility index (Phi) is 10.2. The molecule has 2 aromatic heterocycles. The molecule has 0 spiro atoms. The van der Waals surface area contributed by atoms with Crippen molar-refractivity contribution in [3.05, 3.63) is 127 Å². The normalized spacial score (nSPS) is 18.8. The number of ether oxygens (including phenoxy) is 2. The van der Waals surface area contributed by atoms with Gasteiger partial charge in [-0.15, -0.1) is 10.2 Å². The SMILES string of the molecule is O=C1c2cc3nnn([C@H](CO)Cc4cccc(F)c4)c(=O)c3cc2O[C@@H]2CCCN12.O=C1c2cc3nnn([C@H](CO)Cc4cccc(F)c4)c(=O)c3cc2O[C@H]2CCCN12. The van der Waals surface area contributed by atoms with Gasteiger partial charge in [0.05, 0.1) is 47.2 Å². The predicted octanol–water partition coefficient (Wildman–Crippen LogP) is 3.32. The molecule has 4 atom stereocenters. The zero-order valence-electron chi connectivity index (χ0n) is 32.0. The molecule has 6 heterocycles. The van der Waals surface area contributed by atoms with E-state index in [1.54, 1.807) is 34.1 Å². The highest BCUT2D eigenvalue weighted by molar-refractivity contribution is 6.02. The fourth-order valence-corrected chi connectivity index (χ4v) is 8.29. The fraction of sp³-hybridized carbons (Fsp3) is 0.333. The number of halogens is 2. The van der Waals surface area contributed by atoms with Gasteiger partial charge in [0.15, 0.2) is 12.5 Å². The van der Waals surface area contributed by atoms with E-state index in [0.717, 1.165) is 35.0 Å². The first kappa shape index (κ1) is 38.8. The number of carbonyl (C=O) groups excluding carboxylic acids is 2. The third kappa shape index (κ3) is 7.10. The molecule has 0 radical (unpaired) electrons. The van der Waals surface area contributed by atoms with Crippen LogP contribution in [0.1, 0.15) is 69.6 Å². The highest BCUT2D eigenvalue weighted by atomic mass is 19.1. The number of carbonyl (C=O) groups is 2. The second-order valence-corrected chi connectivity index (χ2v) is 15.2. The maximum Gasteiger partial charge on any atom is 0.278 e. The number of aromatic nitrogens is 6. The first-order chi connectivity index (χ1) is 29.1. The van der Waals surface area contributed by atoms with Crippen LogP contribution >= 0.6 is 0 Å². The van der Waals surface area contributed by atoms with Gasteiger partial charge in [0, 0.05) is 25.9 Å². The number of benzene rings is 4. The molecule has 4 aliphatic heterocycles. The molecular formula is C42H38F2N8O8. The Labute approximate surface area is 339 Å². The monoisotopic (exact) mass is 820 g/mol. The molecule has 10 rings (SSSR count). The number of amides is 2. The molecule has 2 amide bonds. The first-order valence-corrected chi connectivity index (χ1v) is 19.6. The van der Waals surface area contributed by atoms with Gasteiger partial charge in [0.25, 0.3) is 22.9 Å². The van der Waals surface area contributed by atoms with E-state index in [0.29, 0.717) is 46.8 Å². The Bertz CT molecular complexity index is 2610. The average Bonchev–Trinajstić information content (AvgIpc) is 3.93. The molecule has 0 bridgehead atoms. The molecule has 2 fully saturated rings. The van der Waals surface area contributed by atoms with E-state index < -0.39 is 34.8 Å². The van der Waals surface area contributed by atoms with Crippen LogP contribution in [-0.2, 0) is 12.8 Å². The van der Waals surface area contributed by atoms with E-state index in [9.17, 15) is 38.2 Å². The van der Waals surface area contributed by atoms with Crippen LogP contribution in [0.3, 0.4) is 0 Å². The van der Waals surface area contributed by atoms with Crippen LogP contribution in [-0.4, -0.2) is 101 Å². The minimum absolute atomic E-state index is 0.133. The van der Waals surface area contributed by atoms with Crippen molar-refractivity contribution >= 4 is 33.6 Å². The van der Waals surface area contributed by atoms with Gasteiger partial charge in [-0.25, -0.2) is 18.1 Å². The van der Waals surface area contributed by atoms with Crippen molar-refractivity contribution < 1.29 is 38.1 Å². The summed E-state index contributed by atoms with van der Waals surface area (Å²) in [5.74, 6) is -0.334. The highest BCUT2D eigenvalue weighted by Crippen LogP contribution is 2.36. The molecule has 308 valence electrons. The van der Waals surface area contributed by atoms with E-state index in [1.165, 1.54) is 48.5 Å². The van der Waals surface area contributed by atoms with Gasteiger partial charge in [-0.3, -0.25) is 19.2 Å². The van der Waals surface area contributed by atoms with E-state index in [-0.39, 0.29) is 72.1 Å². The maximum absolute atomic E-state index is 13.5. The lowest BCUT2D eigenvalue weighted by molar-refractivity contribution is 0.0287. The Morgan fingerprint density at radius 1 is 0.633 bits per heavy atom. The molecule has 2 saturated heterocycles. The van der Waals surface area contributed by atoms with Crippen molar-refractivity contribution in [3.8, 4) is 11.5 Å². The lowest BCUT2D eigenvalue weighted by Gasteiger charge is -2.31. The second kappa shape index (κ2) is 15.8. The molecule has 0 aliphatic carbocycles. The van der Waals surface area contributed by atoms with Crippen LogP contribution in [0, 0.1) is 11.6 Å². The highest BCUT2D eigenvalue weighted by Gasteiger charge is 2.39. The van der Waals surface area contributed by atoms with Crippen molar-refractivity contribution in [1.29, 1.82) is 0 Å². The van der Waals surface area contributed by atoms with Crippen LogP contribution in [0.4, 0.5) is 8.78 Å². The summed E-state index contributed by atoms with van der Waals surface area (Å²) in [6.07, 6.45) is 3.06. The predicted molar refractivity (Wildman–Crippen MR) is 209 cm³/mol. The molecular weight excluding hydrogens is 783 g/mol. The minimum Gasteiger partial charge on any atom is -0.470 e. The summed E-state index contributed by atoms with van der Waals surface area (Å²) < 4.78 is 41.1. The summed E-state index contributed by atoms with van der Waals surface area (Å²) in [5.41, 5.74) is 1.65. The van der Waals surface area contributed by atoms with E-state index >= 15 is 0 Å². The molecule has 6 aromatic rings. The van der Waals surface area contributed by atoms with E-state index in [1.807, 2.05) is 0 Å². The summed E-state index contributed by atoms with van der Waals surface area (Å²) in [7, 11) is 0. The van der Waals surface area contributed by atoms with Gasteiger partial charge >= 0.3 is 0 Å². The molecule has 0 unspecified atom stereocenters. The third-order valence-electron chi connectivity index (χ3n) is 11.3. The molecule has 4 aromatic carbocycles. The van der Waals surface area contributed by atoms with Crippen LogP contribution in [0.5, 0.6) is 11.5 Å². The van der Waals surface area contributed by atoms with Crippen LogP contribution < -0.4 is 20.6 Å². The van der Waals surface area contributed by atoms with Crippen LogP contribution in [0.25, 0.3) is 21.8 Å². The zero-order chi connectivity index (χ0) is 41.7. The van der Waals surface area contributed by atoms with Crippen molar-refractivity contribution in [2.75, 3.05) is 26.3 Å². The second-order valence-electron chi connectivity index (χ2n) is 15.2. The van der Waals surface area contributed by atoms with E-state index in [4.69, 9.17) is 9.47 Å². The van der Waals surface area contributed by atoms with Crippen LogP contribution in [0.15, 0.2) is 82.4 Å². The third-order valence-corrected chi connectivity index (χ3v) is 11.3. The summed E-state index contributed by atoms with van der Waals surface area (Å²) in [5, 5.41) is 36.3. The quantitative estimate of drug-likeness (QED) is 0.228. The summed E-state index contributed by atoms with van der Waals surface area (Å²) in [6.45, 7) is 0.556. The molecule has 60 heavy (non-hydrogen) atoms. The van der Waals surface area contributed by atoms with Crippen molar-refractivity contribution in [2.24, 2.45) is 0 Å². The van der Waals surface area contributed by atoms with Crippen molar-refractivity contribution in [3.63, 3.8) is 0 Å². The number of nitrogens with zero attached hydrogens (tertiary/aromatic N) is 8. The number of aliphatic hydroxyl groups excluding tert-OH is 2. The standard InChI is InChI=1S/2C21H19FN4O4/c2*22-13-4-1-3-12(7-13)8-14(11-27)26-21(29)15-10-18-16(9-17(15)23-24-26)20(28)25-6-2-5-19(25)30-18/h2*1,3-4,7,9-10,14,19,27H,2,5-6,8,11H2/t14-,19+;14-,19-/m00/s1. The van der Waals surface area contributed by atoms with Gasteiger partial charge in [-0.1, -0.05) is 34.7 Å². The van der Waals surface area contributed by atoms with Crippen molar-refractivity contribution in [2.45, 2.75) is 63.1 Å². The summed E-state index contributed by atoms with van der Waals surface area (Å²) >= 11 is 0. The Balaban J connectivity index is 0.000000154. The summed E-state index contributed by atoms with van der Waals surface area (Å²) in [6, 6.07) is 16.6. The lowest BCUT2D eigenvalue weighted by atomic mass is 10.1. The first-order valence-electron chi connectivity index (χ1n) is 19.6. The Hall–Kier alpha value is -6.66. The molecule has 4 aliphatic rings. The number of aliphatic hydroxyl groups is 2. The van der Waals surface area contributed by atoms with Gasteiger partial charge in [-0.05, 0) is 85.3 Å². The number of rotatable bonds is 8. The maximum atomic E-state index is 13.5. The smallest absolute Gasteiger partial charge is 0.278 e. The van der Waals surface area contributed by atoms with Gasteiger partial charge in [-0.2, -0.15) is 0 Å². The number of hydrogen-bond donors (Lipinski definition) is 2. The number of fused-ring (bicyclic) bond motifs is 6. The fourth-order valence-electron chi connectivity index (χ4n) is 8.29. The number of hydrogen-bond acceptors (Lipinski definition) is 12. The Morgan fingerprint density at radius 3 is 1.47 bits per heavy atom. The van der Waals surface area contributed by atoms with Gasteiger partial charge < -0.3 is 29.5 Å². The minimum atomic E-state index is -0.708. The molecule has 0 saturated carbocycles.